The molecule has 4 rings (SSSR count). The molecule has 1 aromatic rings. The molecule has 0 aliphatic carbocycles. The zero-order chi connectivity index (χ0) is 17.6. The van der Waals surface area contributed by atoms with Crippen molar-refractivity contribution in [2.45, 2.75) is 12.5 Å². The summed E-state index contributed by atoms with van der Waals surface area (Å²) in [5.74, 6) is 0.718. The molecule has 1 amide bonds. The van der Waals surface area contributed by atoms with Crippen molar-refractivity contribution >= 4 is 50.5 Å². The first-order chi connectivity index (χ1) is 11.9. The van der Waals surface area contributed by atoms with Gasteiger partial charge in [-0.1, -0.05) is 42.2 Å². The average Bonchev–Trinajstić information content (AvgIpc) is 3.06. The summed E-state index contributed by atoms with van der Waals surface area (Å²) in [6, 6.07) is 7.36. The fraction of sp³-hybridized carbons (Fsp3) is 0.294. The molecule has 0 N–H and O–H groups in total. The Morgan fingerprint density at radius 2 is 2.20 bits per heavy atom. The molecule has 3 aliphatic rings. The molecule has 0 bridgehead atoms. The summed E-state index contributed by atoms with van der Waals surface area (Å²) < 4.78 is 29.5. The highest BCUT2D eigenvalue weighted by Gasteiger charge is 2.44. The molecule has 2 unspecified atom stereocenters. The summed E-state index contributed by atoms with van der Waals surface area (Å²) in [6.07, 6.45) is 4.23. The maximum absolute atomic E-state index is 12.7. The molecular weight excluding hydrogens is 378 g/mol. The zero-order valence-electron chi connectivity index (χ0n) is 13.2. The second kappa shape index (κ2) is 6.35. The molecule has 5 nitrogen and oxygen atoms in total. The first-order valence-corrected chi connectivity index (χ1v) is 10.9. The standard InChI is InChI=1S/C17H15NO4S3/c19-16-15(8-11-7-12-3-1-2-4-14(12)22-9-11)24-17(23)18(16)13-5-6-25(20,21)10-13/h1-4,7-8,13H,5-6,9-10H2/b15-8+. The summed E-state index contributed by atoms with van der Waals surface area (Å²) in [5.41, 5.74) is 1.86. The predicted octanol–water partition coefficient (Wildman–Crippen LogP) is 2.61. The zero-order valence-corrected chi connectivity index (χ0v) is 15.6. The van der Waals surface area contributed by atoms with Crippen LogP contribution in [0.15, 0.2) is 40.8 Å². The number of rotatable bonds is 2. The fourth-order valence-electron chi connectivity index (χ4n) is 3.16. The van der Waals surface area contributed by atoms with Crippen molar-refractivity contribution in [1.82, 2.24) is 4.90 Å². The summed E-state index contributed by atoms with van der Waals surface area (Å²) in [6.45, 7) is 0.388. The minimum Gasteiger partial charge on any atom is -0.615 e. The number of hydrogen-bond acceptors (Lipinski definition) is 6. The first-order valence-electron chi connectivity index (χ1n) is 7.83. The third-order valence-electron chi connectivity index (χ3n) is 4.37. The van der Waals surface area contributed by atoms with Crippen LogP contribution in [0.25, 0.3) is 6.08 Å². The van der Waals surface area contributed by atoms with Gasteiger partial charge in [-0.15, -0.1) is 4.21 Å². The van der Waals surface area contributed by atoms with Gasteiger partial charge in [-0.25, -0.2) is 0 Å². The van der Waals surface area contributed by atoms with Gasteiger partial charge in [0.05, 0.1) is 10.9 Å². The Morgan fingerprint density at radius 3 is 2.96 bits per heavy atom. The van der Waals surface area contributed by atoms with Crippen LogP contribution in [-0.2, 0) is 19.2 Å². The van der Waals surface area contributed by atoms with Gasteiger partial charge in [-0.2, -0.15) is 0 Å². The van der Waals surface area contributed by atoms with Gasteiger partial charge >= 0.3 is 0 Å². The Bertz CT molecular complexity index is 876. The van der Waals surface area contributed by atoms with Crippen molar-refractivity contribution in [2.75, 3.05) is 18.1 Å². The van der Waals surface area contributed by atoms with Gasteiger partial charge in [0, 0.05) is 22.2 Å². The molecule has 2 atom stereocenters. The smallest absolute Gasteiger partial charge is 0.266 e. The van der Waals surface area contributed by atoms with Crippen LogP contribution >= 0.6 is 24.0 Å². The second-order valence-corrected chi connectivity index (χ2v) is 10.1. The minimum atomic E-state index is -3.07. The maximum atomic E-state index is 12.7. The van der Waals surface area contributed by atoms with E-state index in [0.717, 1.165) is 16.9 Å². The van der Waals surface area contributed by atoms with Crippen LogP contribution in [0, 0.1) is 0 Å². The molecule has 3 aliphatic heterocycles. The van der Waals surface area contributed by atoms with Crippen LogP contribution < -0.4 is 4.74 Å². The van der Waals surface area contributed by atoms with Gasteiger partial charge in [-0.3, -0.25) is 9.69 Å². The third-order valence-corrected chi connectivity index (χ3v) is 7.45. The van der Waals surface area contributed by atoms with E-state index >= 15 is 0 Å². The van der Waals surface area contributed by atoms with Crippen LogP contribution in [0.2, 0.25) is 0 Å². The number of carbonyl (C=O) groups excluding carboxylic acids is 1. The van der Waals surface area contributed by atoms with E-state index in [2.05, 4.69) is 0 Å². The van der Waals surface area contributed by atoms with Gasteiger partial charge < -0.3 is 9.29 Å². The Labute approximate surface area is 156 Å². The topological polar surface area (TPSA) is 69.7 Å². The maximum Gasteiger partial charge on any atom is 0.266 e. The number of hydrogen-bond donors (Lipinski definition) is 0. The summed E-state index contributed by atoms with van der Waals surface area (Å²) in [7, 11) is -3.07. The van der Waals surface area contributed by atoms with Crippen LogP contribution in [-0.4, -0.2) is 43.8 Å². The van der Waals surface area contributed by atoms with Crippen molar-refractivity contribution in [3.63, 3.8) is 0 Å². The number of sulfone groups is 1. The number of ether oxygens (including phenoxy) is 1. The Balaban J connectivity index is 1.57. The van der Waals surface area contributed by atoms with Gasteiger partial charge in [0.2, 0.25) is 0 Å². The molecule has 1 aromatic carbocycles. The summed E-state index contributed by atoms with van der Waals surface area (Å²) >= 11 is 6.54. The van der Waals surface area contributed by atoms with Crippen molar-refractivity contribution in [3.05, 3.63) is 46.4 Å². The van der Waals surface area contributed by atoms with Crippen molar-refractivity contribution < 1.29 is 18.3 Å². The highest BCUT2D eigenvalue weighted by atomic mass is 32.3. The van der Waals surface area contributed by atoms with Crippen molar-refractivity contribution in [2.24, 2.45) is 0 Å². The van der Waals surface area contributed by atoms with E-state index in [1.165, 1.54) is 16.7 Å². The number of fused-ring (bicyclic) bond motifs is 1. The van der Waals surface area contributed by atoms with Gasteiger partial charge in [0.1, 0.15) is 28.2 Å². The minimum absolute atomic E-state index is 0.00803. The van der Waals surface area contributed by atoms with Gasteiger partial charge in [0.25, 0.3) is 5.91 Å². The molecule has 0 aromatic heterocycles. The Morgan fingerprint density at radius 1 is 1.40 bits per heavy atom. The largest absolute Gasteiger partial charge is 0.615 e. The molecule has 0 radical (unpaired) electrons. The van der Waals surface area contributed by atoms with E-state index in [9.17, 15) is 13.6 Å². The van der Waals surface area contributed by atoms with Crippen LogP contribution in [0.3, 0.4) is 0 Å². The van der Waals surface area contributed by atoms with E-state index in [1.807, 2.05) is 30.3 Å². The summed E-state index contributed by atoms with van der Waals surface area (Å²) in [4.78, 5) is 14.7. The molecule has 3 heterocycles. The van der Waals surface area contributed by atoms with E-state index in [0.29, 0.717) is 22.3 Å². The molecule has 2 fully saturated rings. The lowest BCUT2D eigenvalue weighted by Gasteiger charge is -2.20. The number of nitrogens with zero attached hydrogens (tertiary/aromatic N) is 1. The Kier molecular flexibility index (Phi) is 4.31. The Hall–Kier alpha value is -1.48. The number of para-hydroxylation sites is 1. The predicted molar refractivity (Wildman–Crippen MR) is 102 cm³/mol. The first kappa shape index (κ1) is 17.0. The number of benzene rings is 1. The molecule has 2 saturated heterocycles. The molecule has 0 spiro atoms. The van der Waals surface area contributed by atoms with Gasteiger partial charge in [0.15, 0.2) is 0 Å². The highest BCUT2D eigenvalue weighted by molar-refractivity contribution is 8.26. The lowest BCUT2D eigenvalue weighted by atomic mass is 10.1. The van der Waals surface area contributed by atoms with Crippen LogP contribution in [0.1, 0.15) is 12.0 Å². The number of thiocarbonyl (C=S) groups is 1. The second-order valence-electron chi connectivity index (χ2n) is 6.15. The lowest BCUT2D eigenvalue weighted by molar-refractivity contribution is -0.123. The van der Waals surface area contributed by atoms with E-state index in [4.69, 9.17) is 17.0 Å². The number of carbonyl (C=O) groups is 1. The number of thioether (sulfide) groups is 1. The fourth-order valence-corrected chi connectivity index (χ4v) is 6.27. The average molecular weight is 394 g/mol. The van der Waals surface area contributed by atoms with E-state index in [-0.39, 0.29) is 23.5 Å². The van der Waals surface area contributed by atoms with E-state index < -0.39 is 10.2 Å². The molecule has 130 valence electrons. The molecule has 0 saturated carbocycles. The monoisotopic (exact) mass is 393 g/mol. The number of amides is 1. The van der Waals surface area contributed by atoms with Crippen LogP contribution in [0.5, 0.6) is 5.75 Å². The normalized spacial score (nSPS) is 30.4. The van der Waals surface area contributed by atoms with E-state index in [1.54, 1.807) is 6.08 Å². The summed E-state index contributed by atoms with van der Waals surface area (Å²) in [5, 5.41) is 0. The van der Waals surface area contributed by atoms with Gasteiger partial charge in [-0.05, 0) is 23.8 Å². The molecular formula is C17H15NO4S3. The third kappa shape index (κ3) is 3.31. The van der Waals surface area contributed by atoms with Crippen molar-refractivity contribution in [1.29, 1.82) is 0 Å². The molecule has 25 heavy (non-hydrogen) atoms. The quantitative estimate of drug-likeness (QED) is 0.437. The van der Waals surface area contributed by atoms with Crippen molar-refractivity contribution in [3.8, 4) is 5.75 Å². The lowest BCUT2D eigenvalue weighted by Crippen LogP contribution is -2.39. The van der Waals surface area contributed by atoms with Crippen LogP contribution in [0.4, 0.5) is 0 Å². The highest BCUT2D eigenvalue weighted by Crippen LogP contribution is 2.37. The molecule has 8 heteroatoms. The SMILES string of the molecule is O=C1/C(=C\C2=Cc3ccccc3OC2)SC(=S)N1C1CC[S+](=O)([O-])C1.